The average Bonchev–Trinajstić information content (AvgIpc) is 3.35. The molecule has 1 atom stereocenters. The van der Waals surface area contributed by atoms with E-state index in [9.17, 15) is 4.79 Å². The highest BCUT2D eigenvalue weighted by molar-refractivity contribution is 7.14. The molecule has 0 radical (unpaired) electrons. The predicted octanol–water partition coefficient (Wildman–Crippen LogP) is 3.99. The fourth-order valence-electron chi connectivity index (χ4n) is 4.12. The van der Waals surface area contributed by atoms with E-state index < -0.39 is 0 Å². The third-order valence-corrected chi connectivity index (χ3v) is 6.39. The summed E-state index contributed by atoms with van der Waals surface area (Å²) in [5.74, 6) is -0.342. The Labute approximate surface area is 163 Å². The fraction of sp³-hybridized carbons (Fsp3) is 0.333. The molecule has 1 aromatic carbocycles. The van der Waals surface area contributed by atoms with E-state index in [1.54, 1.807) is 0 Å². The van der Waals surface area contributed by atoms with Gasteiger partial charge in [-0.3, -0.25) is 9.69 Å². The molecule has 0 aliphatic carbocycles. The lowest BCUT2D eigenvalue weighted by atomic mass is 10.0. The van der Waals surface area contributed by atoms with Gasteiger partial charge in [-0.2, -0.15) is 5.10 Å². The molecule has 5 nitrogen and oxygen atoms in total. The van der Waals surface area contributed by atoms with E-state index in [-0.39, 0.29) is 5.91 Å². The van der Waals surface area contributed by atoms with Crippen LogP contribution < -0.4 is 5.73 Å². The Morgan fingerprint density at radius 2 is 2.19 bits per heavy atom. The topological polar surface area (TPSA) is 64.2 Å². The molecule has 0 spiro atoms. The third kappa shape index (κ3) is 3.55. The summed E-state index contributed by atoms with van der Waals surface area (Å²) < 4.78 is 1.96. The van der Waals surface area contributed by atoms with Crippen molar-refractivity contribution >= 4 is 17.2 Å². The van der Waals surface area contributed by atoms with Crippen molar-refractivity contribution in [1.82, 2.24) is 14.7 Å². The Morgan fingerprint density at radius 1 is 1.33 bits per heavy atom. The normalized spacial score (nSPS) is 17.5. The van der Waals surface area contributed by atoms with Crippen LogP contribution in [0.4, 0.5) is 0 Å². The summed E-state index contributed by atoms with van der Waals surface area (Å²) in [6, 6.07) is 10.7. The summed E-state index contributed by atoms with van der Waals surface area (Å²) in [6.45, 7) is 6.21. The molecule has 1 saturated heterocycles. The predicted molar refractivity (Wildman–Crippen MR) is 108 cm³/mol. The zero-order valence-electron chi connectivity index (χ0n) is 15.7. The summed E-state index contributed by atoms with van der Waals surface area (Å²) in [4.78, 5) is 15.8. The molecule has 0 bridgehead atoms. The summed E-state index contributed by atoms with van der Waals surface area (Å²) in [5, 5.41) is 4.46. The van der Waals surface area contributed by atoms with Crippen molar-refractivity contribution in [3.8, 4) is 5.69 Å². The van der Waals surface area contributed by atoms with Crippen molar-refractivity contribution in [3.63, 3.8) is 0 Å². The Kier molecular flexibility index (Phi) is 4.85. The first-order chi connectivity index (χ1) is 13.0. The largest absolute Gasteiger partial charge is 0.365 e. The monoisotopic (exact) mass is 380 g/mol. The molecule has 1 fully saturated rings. The van der Waals surface area contributed by atoms with Gasteiger partial charge >= 0.3 is 0 Å². The van der Waals surface area contributed by atoms with Crippen molar-refractivity contribution in [2.24, 2.45) is 5.73 Å². The number of aryl methyl sites for hydroxylation is 2. The first-order valence-electron chi connectivity index (χ1n) is 9.26. The van der Waals surface area contributed by atoms with E-state index in [4.69, 9.17) is 5.73 Å². The van der Waals surface area contributed by atoms with Crippen molar-refractivity contribution < 1.29 is 4.79 Å². The first kappa shape index (κ1) is 17.9. The van der Waals surface area contributed by atoms with E-state index in [0.717, 1.165) is 25.9 Å². The highest BCUT2D eigenvalue weighted by Gasteiger charge is 2.28. The van der Waals surface area contributed by atoms with Crippen LogP contribution in [-0.2, 0) is 6.54 Å². The number of carbonyl (C=O) groups is 1. The van der Waals surface area contributed by atoms with Crippen LogP contribution in [0.1, 0.15) is 50.1 Å². The number of amides is 1. The summed E-state index contributed by atoms with van der Waals surface area (Å²) in [5.41, 5.74) is 10.4. The third-order valence-electron chi connectivity index (χ3n) is 5.19. The van der Waals surface area contributed by atoms with Crippen LogP contribution >= 0.6 is 11.3 Å². The second-order valence-corrected chi connectivity index (χ2v) is 8.35. The minimum Gasteiger partial charge on any atom is -0.365 e. The van der Waals surface area contributed by atoms with Gasteiger partial charge in [0.1, 0.15) is 0 Å². The quantitative estimate of drug-likeness (QED) is 0.728. The zero-order valence-corrected chi connectivity index (χ0v) is 16.5. The van der Waals surface area contributed by atoms with Crippen LogP contribution in [0, 0.1) is 13.8 Å². The van der Waals surface area contributed by atoms with Crippen molar-refractivity contribution in [2.45, 2.75) is 39.3 Å². The second kappa shape index (κ2) is 7.29. The van der Waals surface area contributed by atoms with Gasteiger partial charge in [0.2, 0.25) is 0 Å². The number of benzene rings is 1. The Hall–Kier alpha value is -2.44. The molecule has 3 heterocycles. The van der Waals surface area contributed by atoms with Gasteiger partial charge in [-0.1, -0.05) is 17.7 Å². The van der Waals surface area contributed by atoms with E-state index >= 15 is 0 Å². The van der Waals surface area contributed by atoms with Gasteiger partial charge in [-0.25, -0.2) is 4.68 Å². The number of carbonyl (C=O) groups excluding carboxylic acids is 1. The van der Waals surface area contributed by atoms with E-state index in [2.05, 4.69) is 42.0 Å². The Balaban J connectivity index is 1.66. The molecule has 1 unspecified atom stereocenters. The van der Waals surface area contributed by atoms with Gasteiger partial charge in [0.15, 0.2) is 0 Å². The number of nitrogens with zero attached hydrogens (tertiary/aromatic N) is 3. The lowest BCUT2D eigenvalue weighted by Crippen LogP contribution is -2.23. The van der Waals surface area contributed by atoms with Crippen LogP contribution in [0.3, 0.4) is 0 Å². The van der Waals surface area contributed by atoms with E-state index in [0.29, 0.717) is 10.9 Å². The van der Waals surface area contributed by atoms with Crippen molar-refractivity contribution in [3.05, 3.63) is 69.2 Å². The molecule has 0 saturated carbocycles. The molecule has 6 heteroatoms. The van der Waals surface area contributed by atoms with E-state index in [1.807, 2.05) is 29.2 Å². The van der Waals surface area contributed by atoms with Gasteiger partial charge in [0.05, 0.1) is 10.6 Å². The lowest BCUT2D eigenvalue weighted by Gasteiger charge is -2.25. The highest BCUT2D eigenvalue weighted by atomic mass is 32.1. The van der Waals surface area contributed by atoms with Gasteiger partial charge in [0, 0.05) is 29.9 Å². The number of likely N-dealkylation sites (tertiary alicyclic amines) is 1. The van der Waals surface area contributed by atoms with Gasteiger partial charge in [0.25, 0.3) is 5.91 Å². The van der Waals surface area contributed by atoms with Crippen LogP contribution in [0.5, 0.6) is 0 Å². The Morgan fingerprint density at radius 3 is 2.89 bits per heavy atom. The van der Waals surface area contributed by atoms with Crippen molar-refractivity contribution in [2.75, 3.05) is 6.54 Å². The smallest absolute Gasteiger partial charge is 0.258 e. The van der Waals surface area contributed by atoms with E-state index in [1.165, 1.54) is 38.6 Å². The average molecular weight is 381 g/mol. The zero-order chi connectivity index (χ0) is 19.0. The minimum atomic E-state index is -0.342. The number of aromatic nitrogens is 2. The molecular formula is C21H24N4OS. The fourth-order valence-corrected chi connectivity index (χ4v) is 5.15. The van der Waals surface area contributed by atoms with Crippen LogP contribution in [-0.4, -0.2) is 27.1 Å². The van der Waals surface area contributed by atoms with Crippen LogP contribution in [0.15, 0.2) is 42.7 Å². The summed E-state index contributed by atoms with van der Waals surface area (Å²) in [7, 11) is 0. The molecular weight excluding hydrogens is 356 g/mol. The van der Waals surface area contributed by atoms with Gasteiger partial charge < -0.3 is 5.73 Å². The maximum Gasteiger partial charge on any atom is 0.258 e. The molecule has 4 rings (SSSR count). The molecule has 3 aromatic rings. The highest BCUT2D eigenvalue weighted by Crippen LogP contribution is 2.37. The number of nitrogens with two attached hydrogens (primary N) is 1. The molecule has 27 heavy (non-hydrogen) atoms. The molecule has 1 aliphatic rings. The molecule has 1 amide bonds. The molecule has 2 N–H and O–H groups in total. The molecule has 1 aliphatic heterocycles. The number of thiophene rings is 1. The van der Waals surface area contributed by atoms with Crippen molar-refractivity contribution in [1.29, 1.82) is 0 Å². The minimum absolute atomic E-state index is 0.342. The Bertz CT molecular complexity index is 961. The number of hydrogen-bond donors (Lipinski definition) is 1. The standard InChI is InChI=1S/C21H24N4OS/c1-14-11-15(2)20(25-10-4-8-23-25)16(12-14)13-24-9-3-5-17(24)18-6-7-19(27-18)21(22)26/h4,6-8,10-12,17H,3,5,9,13H2,1-2H3,(H2,22,26). The SMILES string of the molecule is Cc1cc(C)c(-n2cccn2)c(CN2CCCC2c2ccc(C(N)=O)s2)c1. The summed E-state index contributed by atoms with van der Waals surface area (Å²) in [6.07, 6.45) is 6.09. The number of rotatable bonds is 5. The maximum atomic E-state index is 11.5. The van der Waals surface area contributed by atoms with Crippen LogP contribution in [0.25, 0.3) is 5.69 Å². The number of hydrogen-bond acceptors (Lipinski definition) is 4. The van der Waals surface area contributed by atoms with Gasteiger partial charge in [-0.15, -0.1) is 11.3 Å². The van der Waals surface area contributed by atoms with Crippen LogP contribution in [0.2, 0.25) is 0 Å². The number of primary amides is 1. The molecule has 2 aromatic heterocycles. The lowest BCUT2D eigenvalue weighted by molar-refractivity contribution is 0.100. The first-order valence-corrected chi connectivity index (χ1v) is 10.1. The molecule has 140 valence electrons. The second-order valence-electron chi connectivity index (χ2n) is 7.23. The summed E-state index contributed by atoms with van der Waals surface area (Å²) >= 11 is 1.53. The van der Waals surface area contributed by atoms with Gasteiger partial charge in [-0.05, 0) is 62.6 Å². The maximum absolute atomic E-state index is 11.5.